The normalized spacial score (nSPS) is 11.8. The van der Waals surface area contributed by atoms with Crippen LogP contribution in [0.15, 0.2) is 65.3 Å². The van der Waals surface area contributed by atoms with Crippen molar-refractivity contribution in [3.63, 3.8) is 0 Å². The molecule has 0 bridgehead atoms. The third-order valence-corrected chi connectivity index (χ3v) is 5.14. The van der Waals surface area contributed by atoms with E-state index in [0.29, 0.717) is 17.7 Å². The van der Waals surface area contributed by atoms with Crippen LogP contribution in [-0.2, 0) is 11.3 Å². The summed E-state index contributed by atoms with van der Waals surface area (Å²) in [6.45, 7) is 2.41. The lowest BCUT2D eigenvalue weighted by atomic mass is 10.0. The molecule has 0 aliphatic rings. The maximum Gasteiger partial charge on any atom is 0.258 e. The zero-order valence-electron chi connectivity index (χ0n) is 15.7. The van der Waals surface area contributed by atoms with Crippen molar-refractivity contribution in [3.05, 3.63) is 87.7 Å². The number of aromatic nitrogens is 2. The molecule has 0 fully saturated rings. The van der Waals surface area contributed by atoms with E-state index >= 15 is 0 Å². The SMILES string of the molecule is Cc1c(C(=O)N(C)[C@H](C(N)=O)c2cccc(Br)c2)cnn1Cc1ccccc1. The summed E-state index contributed by atoms with van der Waals surface area (Å²) in [5.74, 6) is -0.899. The first kappa shape index (κ1) is 19.8. The average Bonchev–Trinajstić information content (AvgIpc) is 3.02. The van der Waals surface area contributed by atoms with Gasteiger partial charge in [-0.15, -0.1) is 0 Å². The van der Waals surface area contributed by atoms with Crippen molar-refractivity contribution < 1.29 is 9.59 Å². The summed E-state index contributed by atoms with van der Waals surface area (Å²) in [5.41, 5.74) is 8.52. The molecule has 3 rings (SSSR count). The molecular formula is C21H21BrN4O2. The fourth-order valence-corrected chi connectivity index (χ4v) is 3.55. The van der Waals surface area contributed by atoms with Crippen LogP contribution in [0.4, 0.5) is 0 Å². The third kappa shape index (κ3) is 4.14. The Kier molecular flexibility index (Phi) is 5.94. The van der Waals surface area contributed by atoms with Gasteiger partial charge in [-0.25, -0.2) is 0 Å². The third-order valence-electron chi connectivity index (χ3n) is 4.65. The number of benzene rings is 2. The van der Waals surface area contributed by atoms with Gasteiger partial charge in [0.25, 0.3) is 5.91 Å². The Morgan fingerprint density at radius 2 is 1.89 bits per heavy atom. The van der Waals surface area contributed by atoms with E-state index < -0.39 is 11.9 Å². The van der Waals surface area contributed by atoms with E-state index in [1.807, 2.05) is 43.3 Å². The molecule has 0 spiro atoms. The Labute approximate surface area is 172 Å². The first-order valence-corrected chi connectivity index (χ1v) is 9.56. The summed E-state index contributed by atoms with van der Waals surface area (Å²) in [5, 5.41) is 4.35. The van der Waals surface area contributed by atoms with Crippen molar-refractivity contribution >= 4 is 27.7 Å². The van der Waals surface area contributed by atoms with E-state index in [1.165, 1.54) is 11.1 Å². The summed E-state index contributed by atoms with van der Waals surface area (Å²) in [6, 6.07) is 16.2. The molecule has 2 amide bonds. The standard InChI is InChI=1S/C21H21BrN4O2/c1-14-18(12-24-26(14)13-15-7-4-3-5-8-15)21(28)25(2)19(20(23)27)16-9-6-10-17(22)11-16/h3-12,19H,13H2,1-2H3,(H2,23,27)/t19-/m0/s1. The number of carbonyl (C=O) groups excluding carboxylic acids is 2. The average molecular weight is 441 g/mol. The predicted octanol–water partition coefficient (Wildman–Crippen LogP) is 3.30. The largest absolute Gasteiger partial charge is 0.368 e. The van der Waals surface area contributed by atoms with E-state index in [-0.39, 0.29) is 5.91 Å². The number of primary amides is 1. The smallest absolute Gasteiger partial charge is 0.258 e. The van der Waals surface area contributed by atoms with Crippen LogP contribution in [0.3, 0.4) is 0 Å². The van der Waals surface area contributed by atoms with Gasteiger partial charge in [0.15, 0.2) is 0 Å². The molecule has 1 atom stereocenters. The molecular weight excluding hydrogens is 420 g/mol. The highest BCUT2D eigenvalue weighted by Crippen LogP contribution is 2.25. The topological polar surface area (TPSA) is 81.2 Å². The van der Waals surface area contributed by atoms with Gasteiger partial charge < -0.3 is 10.6 Å². The number of likely N-dealkylation sites (N-methyl/N-ethyl adjacent to an activating group) is 1. The zero-order valence-corrected chi connectivity index (χ0v) is 17.3. The molecule has 0 unspecified atom stereocenters. The van der Waals surface area contributed by atoms with Gasteiger partial charge in [-0.1, -0.05) is 58.4 Å². The van der Waals surface area contributed by atoms with Crippen LogP contribution in [0.5, 0.6) is 0 Å². The van der Waals surface area contributed by atoms with E-state index in [9.17, 15) is 9.59 Å². The van der Waals surface area contributed by atoms with Crippen molar-refractivity contribution in [1.29, 1.82) is 0 Å². The van der Waals surface area contributed by atoms with Crippen molar-refractivity contribution in [3.8, 4) is 0 Å². The second-order valence-corrected chi connectivity index (χ2v) is 7.48. The number of nitrogens with zero attached hydrogens (tertiary/aromatic N) is 3. The van der Waals surface area contributed by atoms with E-state index in [1.54, 1.807) is 29.9 Å². The molecule has 0 radical (unpaired) electrons. The first-order chi connectivity index (χ1) is 13.4. The molecule has 1 heterocycles. The van der Waals surface area contributed by atoms with Crippen LogP contribution in [0, 0.1) is 6.92 Å². The summed E-state index contributed by atoms with van der Waals surface area (Å²) in [4.78, 5) is 26.6. The first-order valence-electron chi connectivity index (χ1n) is 8.76. The molecule has 7 heteroatoms. The van der Waals surface area contributed by atoms with Gasteiger partial charge in [0.2, 0.25) is 5.91 Å². The minimum absolute atomic E-state index is 0.305. The molecule has 28 heavy (non-hydrogen) atoms. The maximum atomic E-state index is 13.1. The highest BCUT2D eigenvalue weighted by molar-refractivity contribution is 9.10. The number of carbonyl (C=O) groups is 2. The van der Waals surface area contributed by atoms with Crippen molar-refractivity contribution in [2.45, 2.75) is 19.5 Å². The highest BCUT2D eigenvalue weighted by Gasteiger charge is 2.29. The summed E-state index contributed by atoms with van der Waals surface area (Å²) < 4.78 is 2.58. The Hall–Kier alpha value is -2.93. The van der Waals surface area contributed by atoms with Crippen molar-refractivity contribution in [2.75, 3.05) is 7.05 Å². The second-order valence-electron chi connectivity index (χ2n) is 6.56. The number of hydrogen-bond acceptors (Lipinski definition) is 3. The predicted molar refractivity (Wildman–Crippen MR) is 111 cm³/mol. The highest BCUT2D eigenvalue weighted by atomic mass is 79.9. The van der Waals surface area contributed by atoms with E-state index in [0.717, 1.165) is 15.7 Å². The Morgan fingerprint density at radius 1 is 1.18 bits per heavy atom. The van der Waals surface area contributed by atoms with Gasteiger partial charge in [0.1, 0.15) is 6.04 Å². The monoisotopic (exact) mass is 440 g/mol. The second kappa shape index (κ2) is 8.39. The van der Waals surface area contributed by atoms with Gasteiger partial charge in [0, 0.05) is 17.2 Å². The Balaban J connectivity index is 1.87. The summed E-state index contributed by atoms with van der Waals surface area (Å²) >= 11 is 3.39. The zero-order chi connectivity index (χ0) is 20.3. The summed E-state index contributed by atoms with van der Waals surface area (Å²) in [6.07, 6.45) is 1.54. The molecule has 0 aliphatic heterocycles. The molecule has 1 aromatic heterocycles. The number of hydrogen-bond donors (Lipinski definition) is 1. The van der Waals surface area contributed by atoms with Crippen LogP contribution < -0.4 is 5.73 Å². The maximum absolute atomic E-state index is 13.1. The lowest BCUT2D eigenvalue weighted by molar-refractivity contribution is -0.122. The number of halogens is 1. The molecule has 0 saturated carbocycles. The number of amides is 2. The summed E-state index contributed by atoms with van der Waals surface area (Å²) in [7, 11) is 1.58. The van der Waals surface area contributed by atoms with Gasteiger partial charge in [-0.05, 0) is 30.2 Å². The number of rotatable bonds is 6. The van der Waals surface area contributed by atoms with Crippen LogP contribution in [-0.4, -0.2) is 33.5 Å². The van der Waals surface area contributed by atoms with Crippen molar-refractivity contribution in [1.82, 2.24) is 14.7 Å². The van der Waals surface area contributed by atoms with Gasteiger partial charge in [0.05, 0.1) is 18.3 Å². The minimum atomic E-state index is -0.873. The Morgan fingerprint density at radius 3 is 2.54 bits per heavy atom. The fraction of sp³-hybridized carbons (Fsp3) is 0.190. The number of nitrogens with two attached hydrogens (primary N) is 1. The molecule has 0 aliphatic carbocycles. The quantitative estimate of drug-likeness (QED) is 0.638. The van der Waals surface area contributed by atoms with Crippen LogP contribution in [0.25, 0.3) is 0 Å². The van der Waals surface area contributed by atoms with E-state index in [2.05, 4.69) is 21.0 Å². The Bertz CT molecular complexity index is 1000. The van der Waals surface area contributed by atoms with Gasteiger partial charge in [-0.3, -0.25) is 14.3 Å². The molecule has 2 N–H and O–H groups in total. The molecule has 6 nitrogen and oxygen atoms in total. The van der Waals surface area contributed by atoms with Crippen LogP contribution >= 0.6 is 15.9 Å². The molecule has 2 aromatic carbocycles. The lowest BCUT2D eigenvalue weighted by Crippen LogP contribution is -2.39. The van der Waals surface area contributed by atoms with Crippen LogP contribution in [0.2, 0.25) is 0 Å². The van der Waals surface area contributed by atoms with Crippen LogP contribution in [0.1, 0.15) is 33.2 Å². The van der Waals surface area contributed by atoms with Gasteiger partial charge >= 0.3 is 0 Å². The minimum Gasteiger partial charge on any atom is -0.368 e. The molecule has 144 valence electrons. The fourth-order valence-electron chi connectivity index (χ4n) is 3.13. The van der Waals surface area contributed by atoms with Crippen molar-refractivity contribution in [2.24, 2.45) is 5.73 Å². The lowest BCUT2D eigenvalue weighted by Gasteiger charge is -2.26. The van der Waals surface area contributed by atoms with E-state index in [4.69, 9.17) is 5.73 Å². The molecule has 0 saturated heterocycles. The van der Waals surface area contributed by atoms with Gasteiger partial charge in [-0.2, -0.15) is 5.10 Å². The molecule has 3 aromatic rings.